The molecule has 0 bridgehead atoms. The highest BCUT2D eigenvalue weighted by molar-refractivity contribution is 7.15. The van der Waals surface area contributed by atoms with Gasteiger partial charge >= 0.3 is 0 Å². The number of fused-ring (bicyclic) bond motifs is 2. The first-order valence-corrected chi connectivity index (χ1v) is 9.00. The standard InChI is InChI=1S/C18H20N2OS/c21-17(14-9-5-7-12-6-1-2-8-13(12)14)20-18-19-15-10-3-4-11-16(15)22-18/h1-2,6,8,14H,3-5,7,9-11H2,(H,19,20,21). The van der Waals surface area contributed by atoms with Crippen LogP contribution >= 0.6 is 11.3 Å². The first-order valence-electron chi connectivity index (χ1n) is 8.18. The lowest BCUT2D eigenvalue weighted by molar-refractivity contribution is -0.117. The van der Waals surface area contributed by atoms with E-state index in [4.69, 9.17) is 0 Å². The van der Waals surface area contributed by atoms with E-state index in [1.165, 1.54) is 34.5 Å². The molecule has 4 rings (SSSR count). The lowest BCUT2D eigenvalue weighted by Crippen LogP contribution is -2.24. The van der Waals surface area contributed by atoms with Crippen molar-refractivity contribution >= 4 is 22.4 Å². The van der Waals surface area contributed by atoms with E-state index in [9.17, 15) is 4.79 Å². The van der Waals surface area contributed by atoms with Crippen molar-refractivity contribution in [1.82, 2.24) is 4.98 Å². The maximum atomic E-state index is 12.7. The molecule has 0 aliphatic heterocycles. The molecule has 3 nitrogen and oxygen atoms in total. The number of hydrogen-bond acceptors (Lipinski definition) is 3. The average Bonchev–Trinajstić information content (AvgIpc) is 2.96. The maximum Gasteiger partial charge on any atom is 0.233 e. The number of carbonyl (C=O) groups excluding carboxylic acids is 1. The Labute approximate surface area is 134 Å². The van der Waals surface area contributed by atoms with Crippen molar-refractivity contribution in [2.45, 2.75) is 50.9 Å². The molecule has 114 valence electrons. The van der Waals surface area contributed by atoms with Crippen LogP contribution in [-0.2, 0) is 24.1 Å². The number of anilines is 1. The van der Waals surface area contributed by atoms with Crippen molar-refractivity contribution in [2.24, 2.45) is 0 Å². The number of rotatable bonds is 2. The number of aromatic nitrogens is 1. The van der Waals surface area contributed by atoms with Crippen LogP contribution in [0.2, 0.25) is 0 Å². The van der Waals surface area contributed by atoms with E-state index in [1.807, 2.05) is 6.07 Å². The lowest BCUT2D eigenvalue weighted by Gasteiger charge is -2.24. The van der Waals surface area contributed by atoms with Crippen molar-refractivity contribution in [2.75, 3.05) is 5.32 Å². The molecule has 2 aliphatic carbocycles. The highest BCUT2D eigenvalue weighted by Crippen LogP contribution is 2.34. The van der Waals surface area contributed by atoms with Gasteiger partial charge < -0.3 is 5.32 Å². The summed E-state index contributed by atoms with van der Waals surface area (Å²) in [6, 6.07) is 8.35. The molecule has 2 aromatic rings. The highest BCUT2D eigenvalue weighted by atomic mass is 32.1. The van der Waals surface area contributed by atoms with Crippen LogP contribution in [0.3, 0.4) is 0 Å². The molecule has 1 N–H and O–H groups in total. The van der Waals surface area contributed by atoms with Crippen LogP contribution < -0.4 is 5.32 Å². The number of aryl methyl sites for hydroxylation is 3. The first kappa shape index (κ1) is 13.9. The summed E-state index contributed by atoms with van der Waals surface area (Å²) in [7, 11) is 0. The average molecular weight is 312 g/mol. The van der Waals surface area contributed by atoms with Gasteiger partial charge in [0.25, 0.3) is 0 Å². The van der Waals surface area contributed by atoms with E-state index in [0.717, 1.165) is 37.2 Å². The number of hydrogen-bond donors (Lipinski definition) is 1. The van der Waals surface area contributed by atoms with Crippen molar-refractivity contribution in [3.63, 3.8) is 0 Å². The summed E-state index contributed by atoms with van der Waals surface area (Å²) in [6.45, 7) is 0. The number of thiazole rings is 1. The number of carbonyl (C=O) groups is 1. The Hall–Kier alpha value is -1.68. The van der Waals surface area contributed by atoms with Gasteiger partial charge in [-0.15, -0.1) is 11.3 Å². The Kier molecular flexibility index (Phi) is 3.70. The molecule has 0 fully saturated rings. The zero-order chi connectivity index (χ0) is 14.9. The largest absolute Gasteiger partial charge is 0.301 e. The summed E-state index contributed by atoms with van der Waals surface area (Å²) in [6.07, 6.45) is 7.77. The van der Waals surface area contributed by atoms with Gasteiger partial charge in [-0.1, -0.05) is 24.3 Å². The molecule has 1 heterocycles. The summed E-state index contributed by atoms with van der Waals surface area (Å²) >= 11 is 1.67. The second-order valence-electron chi connectivity index (χ2n) is 6.23. The number of nitrogens with zero attached hydrogens (tertiary/aromatic N) is 1. The van der Waals surface area contributed by atoms with Gasteiger partial charge in [-0.3, -0.25) is 4.79 Å². The Balaban J connectivity index is 1.54. The predicted molar refractivity (Wildman–Crippen MR) is 89.5 cm³/mol. The van der Waals surface area contributed by atoms with E-state index in [0.29, 0.717) is 0 Å². The van der Waals surface area contributed by atoms with Gasteiger partial charge in [0.05, 0.1) is 11.6 Å². The molecule has 1 aromatic carbocycles. The summed E-state index contributed by atoms with van der Waals surface area (Å²) in [5.41, 5.74) is 3.73. The normalized spacial score (nSPS) is 20.1. The molecule has 0 spiro atoms. The Morgan fingerprint density at radius 2 is 2.00 bits per heavy atom. The van der Waals surface area contributed by atoms with Crippen LogP contribution in [0.5, 0.6) is 0 Å². The van der Waals surface area contributed by atoms with Gasteiger partial charge in [-0.25, -0.2) is 4.98 Å². The van der Waals surface area contributed by atoms with Crippen LogP contribution in [0.25, 0.3) is 0 Å². The van der Waals surface area contributed by atoms with Crippen LogP contribution in [-0.4, -0.2) is 10.9 Å². The van der Waals surface area contributed by atoms with Gasteiger partial charge in [-0.05, 0) is 56.1 Å². The summed E-state index contributed by atoms with van der Waals surface area (Å²) in [5.74, 6) is 0.0872. The monoisotopic (exact) mass is 312 g/mol. The van der Waals surface area contributed by atoms with E-state index >= 15 is 0 Å². The van der Waals surface area contributed by atoms with Crippen molar-refractivity contribution in [3.05, 3.63) is 46.0 Å². The Bertz CT molecular complexity index is 683. The fourth-order valence-electron chi connectivity index (χ4n) is 3.62. The summed E-state index contributed by atoms with van der Waals surface area (Å²) in [4.78, 5) is 18.7. The minimum absolute atomic E-state index is 0.0223. The molecule has 1 atom stereocenters. The fourth-order valence-corrected chi connectivity index (χ4v) is 4.68. The van der Waals surface area contributed by atoms with Crippen LogP contribution in [0.1, 0.15) is 53.3 Å². The van der Waals surface area contributed by atoms with Gasteiger partial charge in [0, 0.05) is 4.88 Å². The quantitative estimate of drug-likeness (QED) is 0.908. The molecule has 0 radical (unpaired) electrons. The fraction of sp³-hybridized carbons (Fsp3) is 0.444. The van der Waals surface area contributed by atoms with Gasteiger partial charge in [-0.2, -0.15) is 0 Å². The minimum Gasteiger partial charge on any atom is -0.301 e. The van der Waals surface area contributed by atoms with Crippen LogP contribution in [0.4, 0.5) is 5.13 Å². The molecule has 4 heteroatoms. The maximum absolute atomic E-state index is 12.7. The molecule has 1 amide bonds. The van der Waals surface area contributed by atoms with Crippen molar-refractivity contribution < 1.29 is 4.79 Å². The molecule has 0 saturated heterocycles. The SMILES string of the molecule is O=C(Nc1nc2c(s1)CCCC2)C1CCCc2ccccc21. The lowest BCUT2D eigenvalue weighted by atomic mass is 9.82. The Morgan fingerprint density at radius 3 is 2.91 bits per heavy atom. The minimum atomic E-state index is -0.0223. The highest BCUT2D eigenvalue weighted by Gasteiger charge is 2.27. The molecule has 22 heavy (non-hydrogen) atoms. The van der Waals surface area contributed by atoms with E-state index in [-0.39, 0.29) is 11.8 Å². The Morgan fingerprint density at radius 1 is 1.14 bits per heavy atom. The topological polar surface area (TPSA) is 42.0 Å². The molecule has 1 aromatic heterocycles. The van der Waals surface area contributed by atoms with Crippen LogP contribution in [0.15, 0.2) is 24.3 Å². The van der Waals surface area contributed by atoms with E-state index in [1.54, 1.807) is 11.3 Å². The van der Waals surface area contributed by atoms with Crippen molar-refractivity contribution in [1.29, 1.82) is 0 Å². The molecule has 2 aliphatic rings. The van der Waals surface area contributed by atoms with E-state index in [2.05, 4.69) is 28.5 Å². The molecular weight excluding hydrogens is 292 g/mol. The van der Waals surface area contributed by atoms with Crippen molar-refractivity contribution in [3.8, 4) is 0 Å². The third-order valence-electron chi connectivity index (χ3n) is 4.76. The summed E-state index contributed by atoms with van der Waals surface area (Å²) in [5, 5.41) is 3.87. The van der Waals surface area contributed by atoms with Gasteiger partial charge in [0.1, 0.15) is 0 Å². The second kappa shape index (κ2) is 5.84. The third-order valence-corrected chi connectivity index (χ3v) is 5.83. The van der Waals surface area contributed by atoms with Gasteiger partial charge in [0.2, 0.25) is 5.91 Å². The zero-order valence-corrected chi connectivity index (χ0v) is 13.4. The predicted octanol–water partition coefficient (Wildman–Crippen LogP) is 4.08. The number of amides is 1. The summed E-state index contributed by atoms with van der Waals surface area (Å²) < 4.78 is 0. The molecule has 0 saturated carbocycles. The first-order chi connectivity index (χ1) is 10.8. The third kappa shape index (κ3) is 2.56. The molecule has 1 unspecified atom stereocenters. The number of benzene rings is 1. The molecular formula is C18H20N2OS. The van der Waals surface area contributed by atoms with Gasteiger partial charge in [0.15, 0.2) is 5.13 Å². The smallest absolute Gasteiger partial charge is 0.233 e. The van der Waals surface area contributed by atoms with E-state index < -0.39 is 0 Å². The van der Waals surface area contributed by atoms with Crippen LogP contribution in [0, 0.1) is 0 Å². The number of nitrogens with one attached hydrogen (secondary N) is 1. The second-order valence-corrected chi connectivity index (χ2v) is 7.31. The zero-order valence-electron chi connectivity index (χ0n) is 12.6.